The van der Waals surface area contributed by atoms with Gasteiger partial charge in [-0.3, -0.25) is 4.79 Å². The summed E-state index contributed by atoms with van der Waals surface area (Å²) in [4.78, 5) is 11.9. The number of aryl methyl sites for hydroxylation is 2. The molecular weight excluding hydrogens is 255 g/mol. The molecule has 4 heteroatoms. The predicted molar refractivity (Wildman–Crippen MR) is 77.0 cm³/mol. The van der Waals surface area contributed by atoms with Crippen LogP contribution in [0.3, 0.4) is 0 Å². The number of nitrogens with zero attached hydrogens (tertiary/aromatic N) is 1. The number of hydrogen-bond acceptors (Lipinski definition) is 1. The minimum Gasteiger partial charge on any atom is -0.354 e. The first kappa shape index (κ1) is 14.3. The monoisotopic (exact) mass is 274 g/mol. The van der Waals surface area contributed by atoms with E-state index in [4.69, 9.17) is 0 Å². The van der Waals surface area contributed by atoms with Crippen LogP contribution in [0, 0.1) is 19.7 Å². The Kier molecular flexibility index (Phi) is 4.56. The van der Waals surface area contributed by atoms with Gasteiger partial charge in [-0.1, -0.05) is 12.1 Å². The molecule has 1 aromatic heterocycles. The fraction of sp³-hybridized carbons (Fsp3) is 0.312. The molecule has 0 saturated heterocycles. The van der Waals surface area contributed by atoms with Gasteiger partial charge in [-0.15, -0.1) is 0 Å². The molecule has 0 unspecified atom stereocenters. The first-order valence-electron chi connectivity index (χ1n) is 6.70. The van der Waals surface area contributed by atoms with Crippen LogP contribution in [0.25, 0.3) is 0 Å². The molecule has 0 atom stereocenters. The van der Waals surface area contributed by atoms with Crippen LogP contribution in [0.1, 0.15) is 17.0 Å². The Morgan fingerprint density at radius 2 is 1.70 bits per heavy atom. The third-order valence-electron chi connectivity index (χ3n) is 3.37. The lowest BCUT2D eigenvalue weighted by Crippen LogP contribution is -2.30. The van der Waals surface area contributed by atoms with Crippen LogP contribution in [0.4, 0.5) is 4.39 Å². The van der Waals surface area contributed by atoms with Gasteiger partial charge in [0.05, 0.1) is 0 Å². The second-order valence-corrected chi connectivity index (χ2v) is 4.93. The standard InChI is InChI=1S/C16H19FN2O/c1-12-3-4-13(2)19(12)11-16(20)18-10-9-14-5-7-15(17)8-6-14/h3-8H,9-11H2,1-2H3,(H,18,20). The Labute approximate surface area is 118 Å². The van der Waals surface area contributed by atoms with Crippen molar-refractivity contribution < 1.29 is 9.18 Å². The van der Waals surface area contributed by atoms with Crippen LogP contribution < -0.4 is 5.32 Å². The quantitative estimate of drug-likeness (QED) is 0.893. The number of amides is 1. The number of carbonyl (C=O) groups is 1. The number of rotatable bonds is 5. The number of carbonyl (C=O) groups excluding carboxylic acids is 1. The molecule has 0 fully saturated rings. The van der Waals surface area contributed by atoms with E-state index in [1.807, 2.05) is 30.5 Å². The molecule has 106 valence electrons. The van der Waals surface area contributed by atoms with Gasteiger partial charge in [0.25, 0.3) is 0 Å². The third-order valence-corrected chi connectivity index (χ3v) is 3.37. The van der Waals surface area contributed by atoms with Gasteiger partial charge in [0, 0.05) is 17.9 Å². The van der Waals surface area contributed by atoms with E-state index >= 15 is 0 Å². The fourth-order valence-electron chi connectivity index (χ4n) is 2.15. The van der Waals surface area contributed by atoms with Gasteiger partial charge in [-0.05, 0) is 50.1 Å². The van der Waals surface area contributed by atoms with Crippen LogP contribution in [-0.2, 0) is 17.8 Å². The molecule has 2 aromatic rings. The van der Waals surface area contributed by atoms with Crippen molar-refractivity contribution in [2.24, 2.45) is 0 Å². The maximum atomic E-state index is 12.8. The third kappa shape index (κ3) is 3.70. The van der Waals surface area contributed by atoms with Crippen LogP contribution >= 0.6 is 0 Å². The molecule has 2 rings (SSSR count). The van der Waals surface area contributed by atoms with E-state index in [-0.39, 0.29) is 11.7 Å². The van der Waals surface area contributed by atoms with Crippen molar-refractivity contribution in [1.29, 1.82) is 0 Å². The number of nitrogens with one attached hydrogen (secondary N) is 1. The maximum Gasteiger partial charge on any atom is 0.239 e. The zero-order valence-electron chi connectivity index (χ0n) is 11.8. The second-order valence-electron chi connectivity index (χ2n) is 4.93. The van der Waals surface area contributed by atoms with Crippen molar-refractivity contribution in [2.75, 3.05) is 6.54 Å². The van der Waals surface area contributed by atoms with Crippen molar-refractivity contribution in [3.8, 4) is 0 Å². The SMILES string of the molecule is Cc1ccc(C)n1CC(=O)NCCc1ccc(F)cc1. The molecule has 1 amide bonds. The van der Waals surface area contributed by atoms with E-state index in [1.165, 1.54) is 12.1 Å². The molecule has 0 saturated carbocycles. The van der Waals surface area contributed by atoms with Gasteiger partial charge in [0.2, 0.25) is 5.91 Å². The average molecular weight is 274 g/mol. The lowest BCUT2D eigenvalue weighted by Gasteiger charge is -2.10. The molecular formula is C16H19FN2O. The summed E-state index contributed by atoms with van der Waals surface area (Å²) in [5.74, 6) is -0.245. The smallest absolute Gasteiger partial charge is 0.239 e. The molecule has 0 aliphatic rings. The Morgan fingerprint density at radius 3 is 2.30 bits per heavy atom. The highest BCUT2D eigenvalue weighted by molar-refractivity contribution is 5.75. The lowest BCUT2D eigenvalue weighted by molar-refractivity contribution is -0.121. The van der Waals surface area contributed by atoms with Gasteiger partial charge in [-0.25, -0.2) is 4.39 Å². The van der Waals surface area contributed by atoms with Crippen molar-refractivity contribution in [3.05, 3.63) is 59.2 Å². The van der Waals surface area contributed by atoms with Gasteiger partial charge >= 0.3 is 0 Å². The average Bonchev–Trinajstić information content (AvgIpc) is 2.73. The van der Waals surface area contributed by atoms with Crippen LogP contribution in [0.2, 0.25) is 0 Å². The van der Waals surface area contributed by atoms with Crippen LogP contribution in [0.5, 0.6) is 0 Å². The zero-order valence-corrected chi connectivity index (χ0v) is 11.8. The summed E-state index contributed by atoms with van der Waals surface area (Å²) in [6.45, 7) is 4.87. The van der Waals surface area contributed by atoms with Crippen LogP contribution in [0.15, 0.2) is 36.4 Å². The second kappa shape index (κ2) is 6.37. The summed E-state index contributed by atoms with van der Waals surface area (Å²) in [6, 6.07) is 10.3. The number of benzene rings is 1. The topological polar surface area (TPSA) is 34.0 Å². The van der Waals surface area contributed by atoms with Crippen molar-refractivity contribution in [2.45, 2.75) is 26.8 Å². The van der Waals surface area contributed by atoms with E-state index in [2.05, 4.69) is 5.32 Å². The first-order valence-corrected chi connectivity index (χ1v) is 6.70. The van der Waals surface area contributed by atoms with E-state index in [0.29, 0.717) is 19.5 Å². The van der Waals surface area contributed by atoms with E-state index in [0.717, 1.165) is 17.0 Å². The summed E-state index contributed by atoms with van der Waals surface area (Å²) in [5.41, 5.74) is 3.17. The van der Waals surface area contributed by atoms with Crippen LogP contribution in [-0.4, -0.2) is 17.0 Å². The number of halogens is 1. The summed E-state index contributed by atoms with van der Waals surface area (Å²) < 4.78 is 14.7. The molecule has 1 N–H and O–H groups in total. The van der Waals surface area contributed by atoms with Gasteiger partial charge in [0.15, 0.2) is 0 Å². The highest BCUT2D eigenvalue weighted by atomic mass is 19.1. The number of aromatic nitrogens is 1. The van der Waals surface area contributed by atoms with Gasteiger partial charge < -0.3 is 9.88 Å². The van der Waals surface area contributed by atoms with E-state index in [9.17, 15) is 9.18 Å². The van der Waals surface area contributed by atoms with E-state index in [1.54, 1.807) is 12.1 Å². The summed E-state index contributed by atoms with van der Waals surface area (Å²) in [7, 11) is 0. The Hall–Kier alpha value is -2.10. The number of hydrogen-bond donors (Lipinski definition) is 1. The molecule has 0 spiro atoms. The minimum atomic E-state index is -0.239. The highest BCUT2D eigenvalue weighted by Gasteiger charge is 2.06. The first-order chi connectivity index (χ1) is 9.56. The Morgan fingerprint density at radius 1 is 1.10 bits per heavy atom. The Balaban J connectivity index is 1.80. The summed E-state index contributed by atoms with van der Waals surface area (Å²) in [5, 5.41) is 2.88. The molecule has 0 bridgehead atoms. The fourth-order valence-corrected chi connectivity index (χ4v) is 2.15. The molecule has 3 nitrogen and oxygen atoms in total. The van der Waals surface area contributed by atoms with Gasteiger partial charge in [-0.2, -0.15) is 0 Å². The molecule has 0 aliphatic carbocycles. The van der Waals surface area contributed by atoms with Crippen molar-refractivity contribution in [3.63, 3.8) is 0 Å². The summed E-state index contributed by atoms with van der Waals surface area (Å²) >= 11 is 0. The lowest BCUT2D eigenvalue weighted by atomic mass is 10.1. The largest absolute Gasteiger partial charge is 0.354 e. The molecule has 1 heterocycles. The van der Waals surface area contributed by atoms with Gasteiger partial charge in [0.1, 0.15) is 12.4 Å². The molecule has 0 aliphatic heterocycles. The minimum absolute atomic E-state index is 0.00508. The molecule has 0 radical (unpaired) electrons. The Bertz CT molecular complexity index is 568. The normalized spacial score (nSPS) is 10.6. The zero-order chi connectivity index (χ0) is 14.5. The molecule has 20 heavy (non-hydrogen) atoms. The highest BCUT2D eigenvalue weighted by Crippen LogP contribution is 2.06. The molecule has 1 aromatic carbocycles. The predicted octanol–water partition coefficient (Wildman–Crippen LogP) is 2.60. The van der Waals surface area contributed by atoms with E-state index < -0.39 is 0 Å². The summed E-state index contributed by atoms with van der Waals surface area (Å²) in [6.07, 6.45) is 0.704. The van der Waals surface area contributed by atoms with Crippen molar-refractivity contribution >= 4 is 5.91 Å². The maximum absolute atomic E-state index is 12.8. The van der Waals surface area contributed by atoms with Crippen molar-refractivity contribution in [1.82, 2.24) is 9.88 Å².